The van der Waals surface area contributed by atoms with Gasteiger partial charge in [0.15, 0.2) is 4.90 Å². The van der Waals surface area contributed by atoms with Crippen molar-refractivity contribution in [2.45, 2.75) is 18.7 Å². The summed E-state index contributed by atoms with van der Waals surface area (Å²) in [4.78, 5) is 10.4. The van der Waals surface area contributed by atoms with Gasteiger partial charge >= 0.3 is 0 Å². The van der Waals surface area contributed by atoms with Crippen LogP contribution in [0.5, 0.6) is 0 Å². The molecule has 112 valence electrons. The summed E-state index contributed by atoms with van der Waals surface area (Å²) >= 11 is 0. The fraction of sp³-hybridized carbons (Fsp3) is 0.417. The van der Waals surface area contributed by atoms with E-state index in [1.165, 1.54) is 6.92 Å². The lowest BCUT2D eigenvalue weighted by molar-refractivity contribution is -0.121. The number of halogens is 2. The van der Waals surface area contributed by atoms with E-state index in [2.05, 4.69) is 5.32 Å². The normalized spacial score (nSPS) is 11.7. The van der Waals surface area contributed by atoms with Gasteiger partial charge in [0.25, 0.3) is 0 Å². The van der Waals surface area contributed by atoms with Gasteiger partial charge in [-0.2, -0.15) is 4.31 Å². The van der Waals surface area contributed by atoms with Crippen LogP contribution in [0.3, 0.4) is 0 Å². The van der Waals surface area contributed by atoms with Crippen LogP contribution in [0.15, 0.2) is 23.1 Å². The summed E-state index contributed by atoms with van der Waals surface area (Å²) in [7, 11) is -4.40. The third-order valence-electron chi connectivity index (χ3n) is 2.56. The van der Waals surface area contributed by atoms with Crippen LogP contribution in [-0.2, 0) is 14.8 Å². The average molecular weight is 306 g/mol. The van der Waals surface area contributed by atoms with E-state index >= 15 is 0 Å². The Morgan fingerprint density at radius 2 is 1.80 bits per heavy atom. The fourth-order valence-electron chi connectivity index (χ4n) is 1.64. The van der Waals surface area contributed by atoms with Gasteiger partial charge in [-0.15, -0.1) is 0 Å². The van der Waals surface area contributed by atoms with E-state index in [-0.39, 0.29) is 6.54 Å². The second kappa shape index (κ2) is 6.76. The third kappa shape index (κ3) is 3.51. The lowest BCUT2D eigenvalue weighted by Gasteiger charge is -2.20. The minimum Gasteiger partial charge on any atom is -0.355 e. The molecule has 0 atom stereocenters. The van der Waals surface area contributed by atoms with Crippen molar-refractivity contribution in [3.63, 3.8) is 0 Å². The summed E-state index contributed by atoms with van der Waals surface area (Å²) < 4.78 is 52.3. The fourth-order valence-corrected chi connectivity index (χ4v) is 3.15. The number of amides is 1. The van der Waals surface area contributed by atoms with Crippen molar-refractivity contribution in [2.75, 3.05) is 19.6 Å². The smallest absolute Gasteiger partial charge is 0.249 e. The first-order valence-electron chi connectivity index (χ1n) is 6.05. The maximum atomic E-state index is 13.6. The number of rotatable bonds is 6. The van der Waals surface area contributed by atoms with E-state index in [1.807, 2.05) is 0 Å². The Kier molecular flexibility index (Phi) is 5.58. The molecule has 1 amide bonds. The summed E-state index contributed by atoms with van der Waals surface area (Å²) in [6, 6.07) is 2.79. The SMILES string of the molecule is CCNC(=O)CN(CC)S(=O)(=O)c1c(F)cccc1F. The maximum Gasteiger partial charge on any atom is 0.249 e. The molecule has 0 aliphatic carbocycles. The number of benzene rings is 1. The van der Waals surface area contributed by atoms with Crippen LogP contribution in [0.1, 0.15) is 13.8 Å². The minimum atomic E-state index is -4.40. The van der Waals surface area contributed by atoms with Crippen LogP contribution in [0, 0.1) is 11.6 Å². The Bertz CT molecular complexity index is 570. The van der Waals surface area contributed by atoms with Crippen LogP contribution < -0.4 is 5.32 Å². The Labute approximate surface area is 116 Å². The molecule has 8 heteroatoms. The van der Waals surface area contributed by atoms with E-state index in [1.54, 1.807) is 6.92 Å². The lowest BCUT2D eigenvalue weighted by atomic mass is 10.3. The lowest BCUT2D eigenvalue weighted by Crippen LogP contribution is -2.41. The van der Waals surface area contributed by atoms with Crippen molar-refractivity contribution in [1.29, 1.82) is 0 Å². The zero-order valence-corrected chi connectivity index (χ0v) is 12.0. The molecule has 5 nitrogen and oxygen atoms in total. The number of sulfonamides is 1. The molecule has 0 aliphatic heterocycles. The van der Waals surface area contributed by atoms with Gasteiger partial charge in [-0.05, 0) is 19.1 Å². The van der Waals surface area contributed by atoms with Gasteiger partial charge in [-0.25, -0.2) is 17.2 Å². The first-order valence-corrected chi connectivity index (χ1v) is 7.49. The van der Waals surface area contributed by atoms with Crippen molar-refractivity contribution in [3.8, 4) is 0 Å². The number of carbonyl (C=O) groups excluding carboxylic acids is 1. The molecule has 0 bridgehead atoms. The Balaban J connectivity index is 3.16. The third-order valence-corrected chi connectivity index (χ3v) is 4.54. The summed E-state index contributed by atoms with van der Waals surface area (Å²) in [5.41, 5.74) is 0. The van der Waals surface area contributed by atoms with Gasteiger partial charge in [-0.1, -0.05) is 13.0 Å². The molecule has 1 N–H and O–H groups in total. The maximum absolute atomic E-state index is 13.6. The number of carbonyl (C=O) groups is 1. The molecule has 0 saturated carbocycles. The zero-order chi connectivity index (χ0) is 15.3. The largest absolute Gasteiger partial charge is 0.355 e. The highest BCUT2D eigenvalue weighted by atomic mass is 32.2. The summed E-state index contributed by atoms with van der Waals surface area (Å²) in [5.74, 6) is -2.90. The molecule has 1 rings (SSSR count). The van der Waals surface area contributed by atoms with Crippen LogP contribution in [0.25, 0.3) is 0 Å². The molecule has 0 saturated heterocycles. The van der Waals surface area contributed by atoms with Gasteiger partial charge in [0.2, 0.25) is 15.9 Å². The zero-order valence-electron chi connectivity index (χ0n) is 11.2. The van der Waals surface area contributed by atoms with Crippen molar-refractivity contribution < 1.29 is 22.0 Å². The molecular formula is C12H16F2N2O3S. The van der Waals surface area contributed by atoms with Crippen molar-refractivity contribution >= 4 is 15.9 Å². The number of nitrogens with zero attached hydrogens (tertiary/aromatic N) is 1. The summed E-state index contributed by atoms with van der Waals surface area (Å²) in [5, 5.41) is 2.43. The van der Waals surface area contributed by atoms with Gasteiger partial charge in [-0.3, -0.25) is 4.79 Å². The highest BCUT2D eigenvalue weighted by molar-refractivity contribution is 7.89. The van der Waals surface area contributed by atoms with Crippen LogP contribution in [0.4, 0.5) is 8.78 Å². The van der Waals surface area contributed by atoms with Gasteiger partial charge < -0.3 is 5.32 Å². The Hall–Kier alpha value is -1.54. The summed E-state index contributed by atoms with van der Waals surface area (Å²) in [6.45, 7) is 2.94. The Morgan fingerprint density at radius 1 is 1.25 bits per heavy atom. The quantitative estimate of drug-likeness (QED) is 0.856. The topological polar surface area (TPSA) is 66.5 Å². The number of likely N-dealkylation sites (N-methyl/N-ethyl adjacent to an activating group) is 2. The molecule has 0 unspecified atom stereocenters. The number of hydrogen-bond donors (Lipinski definition) is 1. The van der Waals surface area contributed by atoms with Crippen molar-refractivity contribution in [2.24, 2.45) is 0 Å². The van der Waals surface area contributed by atoms with Crippen LogP contribution in [-0.4, -0.2) is 38.3 Å². The van der Waals surface area contributed by atoms with Gasteiger partial charge in [0.05, 0.1) is 6.54 Å². The highest BCUT2D eigenvalue weighted by Crippen LogP contribution is 2.22. The highest BCUT2D eigenvalue weighted by Gasteiger charge is 2.30. The summed E-state index contributed by atoms with van der Waals surface area (Å²) in [6.07, 6.45) is 0. The molecule has 0 radical (unpaired) electrons. The number of nitrogens with one attached hydrogen (secondary N) is 1. The molecular weight excluding hydrogens is 290 g/mol. The van der Waals surface area contributed by atoms with Crippen molar-refractivity contribution in [3.05, 3.63) is 29.8 Å². The number of hydrogen-bond acceptors (Lipinski definition) is 3. The monoisotopic (exact) mass is 306 g/mol. The second-order valence-electron chi connectivity index (χ2n) is 3.94. The predicted molar refractivity (Wildman–Crippen MR) is 69.5 cm³/mol. The first-order chi connectivity index (χ1) is 9.34. The van der Waals surface area contributed by atoms with Gasteiger partial charge in [0, 0.05) is 13.1 Å². The van der Waals surface area contributed by atoms with Crippen molar-refractivity contribution in [1.82, 2.24) is 9.62 Å². The minimum absolute atomic E-state index is 0.0761. The first kappa shape index (κ1) is 16.5. The molecule has 0 aliphatic rings. The molecule has 0 fully saturated rings. The Morgan fingerprint density at radius 3 is 2.25 bits per heavy atom. The van der Waals surface area contributed by atoms with Crippen LogP contribution in [0.2, 0.25) is 0 Å². The van der Waals surface area contributed by atoms with E-state index in [4.69, 9.17) is 0 Å². The molecule has 1 aromatic rings. The second-order valence-corrected chi connectivity index (χ2v) is 5.81. The standard InChI is InChI=1S/C12H16F2N2O3S/c1-3-15-11(17)8-16(4-2)20(18,19)12-9(13)6-5-7-10(12)14/h5-7H,3-4,8H2,1-2H3,(H,15,17). The molecule has 0 aromatic heterocycles. The molecule has 0 spiro atoms. The molecule has 20 heavy (non-hydrogen) atoms. The molecule has 0 heterocycles. The van der Waals surface area contributed by atoms with Gasteiger partial charge in [0.1, 0.15) is 11.6 Å². The van der Waals surface area contributed by atoms with E-state index in [0.717, 1.165) is 22.5 Å². The van der Waals surface area contributed by atoms with E-state index < -0.39 is 39.0 Å². The van der Waals surface area contributed by atoms with Crippen LogP contribution >= 0.6 is 0 Å². The van der Waals surface area contributed by atoms with E-state index in [0.29, 0.717) is 6.54 Å². The van der Waals surface area contributed by atoms with E-state index in [9.17, 15) is 22.0 Å². The average Bonchev–Trinajstić information content (AvgIpc) is 2.35. The predicted octanol–water partition coefficient (Wildman–Crippen LogP) is 1.11. The molecule has 1 aromatic carbocycles.